The van der Waals surface area contributed by atoms with Crippen LogP contribution in [0.5, 0.6) is 0 Å². The fourth-order valence-electron chi connectivity index (χ4n) is 1.59. The average molecular weight is 259 g/mol. The standard InChI is InChI=1S/C13H11ClN4/c1-8-3-2-4-12(10(8)6-15)18-13-11(14)5-9(16)7-17-13/h2-5,7H,16H2,1H3,(H,17,18). The maximum Gasteiger partial charge on any atom is 0.149 e. The summed E-state index contributed by atoms with van der Waals surface area (Å²) in [6, 6.07) is 9.31. The van der Waals surface area contributed by atoms with Crippen LogP contribution in [0.3, 0.4) is 0 Å². The molecule has 1 heterocycles. The summed E-state index contributed by atoms with van der Waals surface area (Å²) in [6.07, 6.45) is 1.51. The molecule has 90 valence electrons. The largest absolute Gasteiger partial charge is 0.397 e. The Balaban J connectivity index is 2.41. The lowest BCUT2D eigenvalue weighted by molar-refractivity contribution is 1.30. The number of nitrogens with one attached hydrogen (secondary N) is 1. The van der Waals surface area contributed by atoms with Gasteiger partial charge in [0.25, 0.3) is 0 Å². The van der Waals surface area contributed by atoms with Crippen LogP contribution in [-0.4, -0.2) is 4.98 Å². The van der Waals surface area contributed by atoms with Crippen molar-refractivity contribution in [1.82, 2.24) is 4.98 Å². The van der Waals surface area contributed by atoms with Gasteiger partial charge in [0.1, 0.15) is 11.9 Å². The van der Waals surface area contributed by atoms with Gasteiger partial charge >= 0.3 is 0 Å². The fourth-order valence-corrected chi connectivity index (χ4v) is 1.81. The summed E-state index contributed by atoms with van der Waals surface area (Å²) in [5.41, 5.74) is 8.22. The summed E-state index contributed by atoms with van der Waals surface area (Å²) >= 11 is 6.03. The number of hydrogen-bond acceptors (Lipinski definition) is 4. The Morgan fingerprint density at radius 2 is 2.22 bits per heavy atom. The number of rotatable bonds is 2. The van der Waals surface area contributed by atoms with E-state index in [4.69, 9.17) is 22.6 Å². The van der Waals surface area contributed by atoms with Crippen molar-refractivity contribution in [3.8, 4) is 6.07 Å². The Kier molecular flexibility index (Phi) is 3.35. The zero-order chi connectivity index (χ0) is 13.1. The van der Waals surface area contributed by atoms with Crippen LogP contribution in [0, 0.1) is 18.3 Å². The van der Waals surface area contributed by atoms with Gasteiger partial charge in [-0.05, 0) is 24.6 Å². The van der Waals surface area contributed by atoms with Crippen molar-refractivity contribution in [3.05, 3.63) is 46.6 Å². The van der Waals surface area contributed by atoms with E-state index in [0.29, 0.717) is 27.8 Å². The number of nitrogens with two attached hydrogens (primary N) is 1. The molecule has 0 atom stereocenters. The maximum absolute atomic E-state index is 9.13. The molecule has 5 heteroatoms. The number of anilines is 3. The van der Waals surface area contributed by atoms with Crippen LogP contribution in [0.2, 0.25) is 5.02 Å². The molecule has 3 N–H and O–H groups in total. The molecule has 0 fully saturated rings. The highest BCUT2D eigenvalue weighted by Crippen LogP contribution is 2.27. The number of aryl methyl sites for hydroxylation is 1. The normalized spacial score (nSPS) is 9.83. The van der Waals surface area contributed by atoms with Crippen LogP contribution < -0.4 is 11.1 Å². The van der Waals surface area contributed by atoms with E-state index in [1.54, 1.807) is 12.1 Å². The van der Waals surface area contributed by atoms with E-state index >= 15 is 0 Å². The third-order valence-corrected chi connectivity index (χ3v) is 2.79. The minimum atomic E-state index is 0.417. The summed E-state index contributed by atoms with van der Waals surface area (Å²) in [7, 11) is 0. The zero-order valence-electron chi connectivity index (χ0n) is 9.74. The van der Waals surface area contributed by atoms with Gasteiger partial charge in [-0.15, -0.1) is 0 Å². The van der Waals surface area contributed by atoms with Crippen LogP contribution in [-0.2, 0) is 0 Å². The highest BCUT2D eigenvalue weighted by atomic mass is 35.5. The number of nitriles is 1. The van der Waals surface area contributed by atoms with Crippen LogP contribution in [0.1, 0.15) is 11.1 Å². The smallest absolute Gasteiger partial charge is 0.149 e. The van der Waals surface area contributed by atoms with Crippen LogP contribution in [0.25, 0.3) is 0 Å². The molecule has 4 nitrogen and oxygen atoms in total. The number of halogens is 1. The predicted molar refractivity (Wildman–Crippen MR) is 72.8 cm³/mol. The number of pyridine rings is 1. The molecule has 0 radical (unpaired) electrons. The van der Waals surface area contributed by atoms with Crippen molar-refractivity contribution in [2.45, 2.75) is 6.92 Å². The monoisotopic (exact) mass is 258 g/mol. The summed E-state index contributed by atoms with van der Waals surface area (Å²) in [5, 5.41) is 12.6. The van der Waals surface area contributed by atoms with Crippen molar-refractivity contribution in [3.63, 3.8) is 0 Å². The number of hydrogen-bond donors (Lipinski definition) is 2. The van der Waals surface area contributed by atoms with Gasteiger partial charge < -0.3 is 11.1 Å². The van der Waals surface area contributed by atoms with E-state index < -0.39 is 0 Å². The highest BCUT2D eigenvalue weighted by Gasteiger charge is 2.08. The average Bonchev–Trinajstić information content (AvgIpc) is 2.33. The van der Waals surface area contributed by atoms with E-state index in [2.05, 4.69) is 16.4 Å². The van der Waals surface area contributed by atoms with Crippen molar-refractivity contribution in [2.24, 2.45) is 0 Å². The van der Waals surface area contributed by atoms with Crippen molar-refractivity contribution in [1.29, 1.82) is 5.26 Å². The molecule has 0 saturated carbocycles. The summed E-state index contributed by atoms with van der Waals surface area (Å²) < 4.78 is 0. The van der Waals surface area contributed by atoms with Crippen molar-refractivity contribution in [2.75, 3.05) is 11.1 Å². The molecule has 0 bridgehead atoms. The molecule has 0 spiro atoms. The molecule has 0 aliphatic rings. The molecule has 1 aromatic carbocycles. The molecular formula is C13H11ClN4. The molecule has 0 aliphatic carbocycles. The van der Waals surface area contributed by atoms with Gasteiger partial charge in [-0.2, -0.15) is 5.26 Å². The van der Waals surface area contributed by atoms with Crippen LogP contribution in [0.4, 0.5) is 17.2 Å². The number of nitrogens with zero attached hydrogens (tertiary/aromatic N) is 2. The van der Waals surface area contributed by atoms with Crippen LogP contribution >= 0.6 is 11.6 Å². The zero-order valence-corrected chi connectivity index (χ0v) is 10.5. The topological polar surface area (TPSA) is 74.7 Å². The Labute approximate surface area is 110 Å². The van der Waals surface area contributed by atoms with E-state index in [1.807, 2.05) is 19.1 Å². The third kappa shape index (κ3) is 2.36. The van der Waals surface area contributed by atoms with E-state index in [-0.39, 0.29) is 0 Å². The Morgan fingerprint density at radius 1 is 1.44 bits per heavy atom. The Hall–Kier alpha value is -2.25. The van der Waals surface area contributed by atoms with Crippen molar-refractivity contribution < 1.29 is 0 Å². The van der Waals surface area contributed by atoms with Gasteiger partial charge in [-0.3, -0.25) is 0 Å². The molecule has 0 unspecified atom stereocenters. The maximum atomic E-state index is 9.13. The molecule has 2 rings (SSSR count). The van der Waals surface area contributed by atoms with Crippen LogP contribution in [0.15, 0.2) is 30.5 Å². The molecule has 1 aromatic heterocycles. The quantitative estimate of drug-likeness (QED) is 0.867. The summed E-state index contributed by atoms with van der Waals surface area (Å²) in [6.45, 7) is 1.88. The molecule has 2 aromatic rings. The summed E-state index contributed by atoms with van der Waals surface area (Å²) in [5.74, 6) is 0.480. The lowest BCUT2D eigenvalue weighted by Gasteiger charge is -2.10. The van der Waals surface area contributed by atoms with Gasteiger partial charge in [-0.25, -0.2) is 4.98 Å². The highest BCUT2D eigenvalue weighted by molar-refractivity contribution is 6.33. The van der Waals surface area contributed by atoms with E-state index in [1.165, 1.54) is 6.20 Å². The molecule has 0 amide bonds. The van der Waals surface area contributed by atoms with Gasteiger partial charge in [-0.1, -0.05) is 23.7 Å². The number of aromatic nitrogens is 1. The first-order valence-electron chi connectivity index (χ1n) is 5.29. The van der Waals surface area contributed by atoms with E-state index in [0.717, 1.165) is 5.56 Å². The van der Waals surface area contributed by atoms with Crippen molar-refractivity contribution >= 4 is 28.8 Å². The van der Waals surface area contributed by atoms with Gasteiger partial charge in [0, 0.05) is 0 Å². The first-order valence-corrected chi connectivity index (χ1v) is 5.67. The molecule has 0 saturated heterocycles. The predicted octanol–water partition coefficient (Wildman–Crippen LogP) is 3.24. The lowest BCUT2D eigenvalue weighted by Crippen LogP contribution is -1.99. The van der Waals surface area contributed by atoms with Gasteiger partial charge in [0.05, 0.1) is 28.2 Å². The second-order valence-corrected chi connectivity index (χ2v) is 4.24. The first kappa shape index (κ1) is 12.2. The lowest BCUT2D eigenvalue weighted by atomic mass is 10.1. The SMILES string of the molecule is Cc1cccc(Nc2ncc(N)cc2Cl)c1C#N. The van der Waals surface area contributed by atoms with Gasteiger partial charge in [0.2, 0.25) is 0 Å². The first-order chi connectivity index (χ1) is 8.61. The Morgan fingerprint density at radius 3 is 2.89 bits per heavy atom. The summed E-state index contributed by atoms with van der Waals surface area (Å²) in [4.78, 5) is 4.10. The molecular weight excluding hydrogens is 248 g/mol. The second-order valence-electron chi connectivity index (χ2n) is 3.83. The third-order valence-electron chi connectivity index (χ3n) is 2.50. The van der Waals surface area contributed by atoms with Gasteiger partial charge in [0.15, 0.2) is 0 Å². The fraction of sp³-hybridized carbons (Fsp3) is 0.0769. The van der Waals surface area contributed by atoms with E-state index in [9.17, 15) is 0 Å². The minimum absolute atomic E-state index is 0.417. The Bertz CT molecular complexity index is 631. The minimum Gasteiger partial charge on any atom is -0.397 e. The molecule has 18 heavy (non-hydrogen) atoms. The number of benzene rings is 1. The number of nitrogen functional groups attached to an aromatic ring is 1. The molecule has 0 aliphatic heterocycles. The second kappa shape index (κ2) is 4.94.